The van der Waals surface area contributed by atoms with Crippen molar-refractivity contribution in [3.8, 4) is 0 Å². The van der Waals surface area contributed by atoms with Gasteiger partial charge < -0.3 is 0 Å². The highest BCUT2D eigenvalue weighted by Gasteiger charge is 2.54. The first kappa shape index (κ1) is 12.6. The molecule has 1 aromatic carbocycles. The number of hydrogen-bond acceptors (Lipinski definition) is 3. The van der Waals surface area contributed by atoms with Crippen molar-refractivity contribution in [2.24, 2.45) is 10.4 Å². The van der Waals surface area contributed by atoms with Gasteiger partial charge in [-0.2, -0.15) is 0 Å². The second-order valence-electron chi connectivity index (χ2n) is 5.92. The normalized spacial score (nSPS) is 30.6. The van der Waals surface area contributed by atoms with E-state index >= 15 is 0 Å². The van der Waals surface area contributed by atoms with Crippen molar-refractivity contribution in [3.05, 3.63) is 35.9 Å². The molecule has 2 aliphatic rings. The summed E-state index contributed by atoms with van der Waals surface area (Å²) < 4.78 is 0. The molecule has 2 unspecified atom stereocenters. The molecule has 1 aliphatic heterocycles. The molecule has 3 nitrogen and oxygen atoms in total. The second kappa shape index (κ2) is 5.28. The van der Waals surface area contributed by atoms with Crippen molar-refractivity contribution in [2.45, 2.75) is 38.3 Å². The lowest BCUT2D eigenvalue weighted by Gasteiger charge is -2.20. The van der Waals surface area contributed by atoms with Crippen LogP contribution in [0.5, 0.6) is 0 Å². The summed E-state index contributed by atoms with van der Waals surface area (Å²) in [6, 6.07) is 10.9. The van der Waals surface area contributed by atoms with Crippen molar-refractivity contribution in [2.75, 3.05) is 13.1 Å². The number of rotatable bonds is 3. The summed E-state index contributed by atoms with van der Waals surface area (Å²) in [5.41, 5.74) is 1.72. The minimum absolute atomic E-state index is 0.265. The highest BCUT2D eigenvalue weighted by molar-refractivity contribution is 5.36. The van der Waals surface area contributed by atoms with E-state index in [0.29, 0.717) is 5.41 Å². The lowest BCUT2D eigenvalue weighted by Crippen LogP contribution is -2.24. The van der Waals surface area contributed by atoms with Gasteiger partial charge >= 0.3 is 0 Å². The Morgan fingerprint density at radius 2 is 2.11 bits per heavy atom. The largest absolute Gasteiger partial charge is 0.299 e. The van der Waals surface area contributed by atoms with Crippen LogP contribution in [0.15, 0.2) is 35.3 Å². The van der Waals surface area contributed by atoms with E-state index in [1.54, 1.807) is 6.08 Å². The SMILES string of the molecule is O=C=NC1CC12CCCN(Cc1ccccc1)CC2. The lowest BCUT2D eigenvalue weighted by molar-refractivity contribution is 0.270. The van der Waals surface area contributed by atoms with Gasteiger partial charge in [0.15, 0.2) is 0 Å². The van der Waals surface area contributed by atoms with Gasteiger partial charge in [0.2, 0.25) is 6.08 Å². The van der Waals surface area contributed by atoms with Crippen LogP contribution < -0.4 is 0 Å². The average Bonchev–Trinajstić information content (AvgIpc) is 3.15. The molecule has 2 fully saturated rings. The fraction of sp³-hybridized carbons (Fsp3) is 0.562. The Morgan fingerprint density at radius 1 is 1.26 bits per heavy atom. The molecule has 1 aromatic rings. The Bertz CT molecular complexity index is 481. The van der Waals surface area contributed by atoms with Gasteiger partial charge in [-0.1, -0.05) is 30.3 Å². The molecule has 1 spiro atoms. The maximum Gasteiger partial charge on any atom is 0.235 e. The first-order chi connectivity index (χ1) is 9.32. The summed E-state index contributed by atoms with van der Waals surface area (Å²) in [7, 11) is 0. The Morgan fingerprint density at radius 3 is 2.89 bits per heavy atom. The predicted octanol–water partition coefficient (Wildman–Crippen LogP) is 2.77. The van der Waals surface area contributed by atoms with Crippen LogP contribution in [0.4, 0.5) is 0 Å². The maximum absolute atomic E-state index is 10.4. The van der Waals surface area contributed by atoms with Crippen molar-refractivity contribution in [1.29, 1.82) is 0 Å². The number of aliphatic imine (C=N–C) groups is 1. The van der Waals surface area contributed by atoms with Gasteiger partial charge in [0, 0.05) is 6.54 Å². The van der Waals surface area contributed by atoms with E-state index in [4.69, 9.17) is 0 Å². The first-order valence-electron chi connectivity index (χ1n) is 7.16. The number of likely N-dealkylation sites (tertiary alicyclic amines) is 1. The van der Waals surface area contributed by atoms with Crippen LogP contribution in [0.3, 0.4) is 0 Å². The molecule has 1 saturated carbocycles. The van der Waals surface area contributed by atoms with Gasteiger partial charge in [0.05, 0.1) is 6.04 Å². The number of carbonyl (C=O) groups excluding carboxylic acids is 1. The van der Waals surface area contributed by atoms with Crippen molar-refractivity contribution >= 4 is 6.08 Å². The second-order valence-corrected chi connectivity index (χ2v) is 5.92. The molecule has 0 bridgehead atoms. The molecule has 19 heavy (non-hydrogen) atoms. The van der Waals surface area contributed by atoms with E-state index in [2.05, 4.69) is 40.2 Å². The number of benzene rings is 1. The molecule has 0 radical (unpaired) electrons. The first-order valence-corrected chi connectivity index (χ1v) is 7.16. The topological polar surface area (TPSA) is 32.7 Å². The van der Waals surface area contributed by atoms with Gasteiger partial charge in [-0.3, -0.25) is 4.90 Å². The number of hydrogen-bond donors (Lipinski definition) is 0. The summed E-state index contributed by atoms with van der Waals surface area (Å²) in [4.78, 5) is 16.8. The Labute approximate surface area is 114 Å². The minimum atomic E-state index is 0.265. The van der Waals surface area contributed by atoms with Gasteiger partial charge in [0.1, 0.15) is 0 Å². The molecule has 3 heteroatoms. The number of isocyanates is 1. The summed E-state index contributed by atoms with van der Waals surface area (Å²) in [6.07, 6.45) is 6.45. The molecule has 1 aliphatic carbocycles. The fourth-order valence-electron chi connectivity index (χ4n) is 3.38. The van der Waals surface area contributed by atoms with E-state index in [9.17, 15) is 4.79 Å². The maximum atomic E-state index is 10.4. The molecule has 1 saturated heterocycles. The van der Waals surface area contributed by atoms with Crippen LogP contribution in [0.25, 0.3) is 0 Å². The summed E-state index contributed by atoms with van der Waals surface area (Å²) in [5.74, 6) is 0. The zero-order valence-electron chi connectivity index (χ0n) is 11.2. The third-order valence-corrected chi connectivity index (χ3v) is 4.68. The quantitative estimate of drug-likeness (QED) is 0.615. The average molecular weight is 256 g/mol. The molecule has 0 amide bonds. The van der Waals surface area contributed by atoms with Crippen LogP contribution in [-0.4, -0.2) is 30.1 Å². The zero-order chi connectivity index (χ0) is 13.1. The summed E-state index contributed by atoms with van der Waals surface area (Å²) in [6.45, 7) is 3.33. The van der Waals surface area contributed by atoms with E-state index < -0.39 is 0 Å². The van der Waals surface area contributed by atoms with Crippen molar-refractivity contribution in [1.82, 2.24) is 4.90 Å². The molecular formula is C16H20N2O. The van der Waals surface area contributed by atoms with Crippen LogP contribution in [0.1, 0.15) is 31.2 Å². The highest BCUT2D eigenvalue weighted by Crippen LogP contribution is 2.55. The summed E-state index contributed by atoms with van der Waals surface area (Å²) >= 11 is 0. The van der Waals surface area contributed by atoms with E-state index in [1.165, 1.54) is 24.8 Å². The lowest BCUT2D eigenvalue weighted by atomic mass is 9.96. The van der Waals surface area contributed by atoms with E-state index in [1.807, 2.05) is 0 Å². The standard InChI is InChI=1S/C16H20N2O/c19-13-17-15-11-16(15)7-4-9-18(10-8-16)12-14-5-2-1-3-6-14/h1-3,5-6,15H,4,7-12H2. The van der Waals surface area contributed by atoms with Gasteiger partial charge in [0.25, 0.3) is 0 Å². The van der Waals surface area contributed by atoms with E-state index in [0.717, 1.165) is 26.1 Å². The van der Waals surface area contributed by atoms with Gasteiger partial charge in [-0.15, -0.1) is 0 Å². The minimum Gasteiger partial charge on any atom is -0.299 e. The van der Waals surface area contributed by atoms with Crippen molar-refractivity contribution < 1.29 is 4.79 Å². The number of nitrogens with zero attached hydrogens (tertiary/aromatic N) is 2. The molecule has 2 atom stereocenters. The van der Waals surface area contributed by atoms with E-state index in [-0.39, 0.29) is 6.04 Å². The van der Waals surface area contributed by atoms with Crippen molar-refractivity contribution in [3.63, 3.8) is 0 Å². The Hall–Kier alpha value is -1.44. The summed E-state index contributed by atoms with van der Waals surface area (Å²) in [5, 5.41) is 0. The Kier molecular flexibility index (Phi) is 3.50. The molecule has 0 N–H and O–H groups in total. The highest BCUT2D eigenvalue weighted by atomic mass is 16.1. The molecule has 100 valence electrons. The van der Waals surface area contributed by atoms with Crippen LogP contribution in [0, 0.1) is 5.41 Å². The third-order valence-electron chi connectivity index (χ3n) is 4.68. The molecule has 0 aromatic heterocycles. The Balaban J connectivity index is 1.58. The van der Waals surface area contributed by atoms with Crippen LogP contribution in [-0.2, 0) is 11.3 Å². The van der Waals surface area contributed by atoms with Gasteiger partial charge in [-0.05, 0) is 49.8 Å². The molecular weight excluding hydrogens is 236 g/mol. The van der Waals surface area contributed by atoms with Gasteiger partial charge in [-0.25, -0.2) is 9.79 Å². The molecule has 3 rings (SSSR count). The molecule has 1 heterocycles. The monoisotopic (exact) mass is 256 g/mol. The zero-order valence-corrected chi connectivity index (χ0v) is 11.2. The third kappa shape index (κ3) is 2.78. The van der Waals surface area contributed by atoms with Crippen LogP contribution >= 0.6 is 0 Å². The van der Waals surface area contributed by atoms with Crippen LogP contribution in [0.2, 0.25) is 0 Å². The predicted molar refractivity (Wildman–Crippen MR) is 74.5 cm³/mol. The smallest absolute Gasteiger partial charge is 0.235 e. The fourth-order valence-corrected chi connectivity index (χ4v) is 3.38.